The van der Waals surface area contributed by atoms with Crippen LogP contribution in [0.25, 0.3) is 0 Å². The normalized spacial score (nSPS) is 27.0. The quantitative estimate of drug-likeness (QED) is 0.431. The van der Waals surface area contributed by atoms with Crippen LogP contribution in [0.15, 0.2) is 48.5 Å². The van der Waals surface area contributed by atoms with Crippen molar-refractivity contribution in [2.75, 3.05) is 32.1 Å². The maximum atomic E-state index is 14.5. The van der Waals surface area contributed by atoms with Crippen LogP contribution < -0.4 is 0 Å². The highest BCUT2D eigenvalue weighted by atomic mass is 35.5. The summed E-state index contributed by atoms with van der Waals surface area (Å²) in [5, 5.41) is 10.9. The van der Waals surface area contributed by atoms with Gasteiger partial charge >= 0.3 is 5.97 Å². The first kappa shape index (κ1) is 29.3. The number of amides is 1. The Morgan fingerprint density at radius 2 is 1.75 bits per heavy atom. The zero-order valence-electron chi connectivity index (χ0n) is 22.3. The third-order valence-corrected chi connectivity index (χ3v) is 10.8. The van der Waals surface area contributed by atoms with Crippen LogP contribution in [0.3, 0.4) is 0 Å². The van der Waals surface area contributed by atoms with Crippen molar-refractivity contribution in [3.8, 4) is 0 Å². The fourth-order valence-corrected chi connectivity index (χ4v) is 8.42. The summed E-state index contributed by atoms with van der Waals surface area (Å²) in [6, 6.07) is 13.5. The van der Waals surface area contributed by atoms with Crippen LogP contribution in [0, 0.1) is 11.3 Å². The zero-order valence-corrected chi connectivity index (χ0v) is 24.7. The van der Waals surface area contributed by atoms with Gasteiger partial charge in [-0.2, -0.15) is 4.31 Å². The summed E-state index contributed by atoms with van der Waals surface area (Å²) in [6.45, 7) is 2.90. The van der Waals surface area contributed by atoms with Gasteiger partial charge in [0.2, 0.25) is 15.9 Å². The van der Waals surface area contributed by atoms with Crippen molar-refractivity contribution >= 4 is 45.1 Å². The summed E-state index contributed by atoms with van der Waals surface area (Å²) in [4.78, 5) is 28.3. The Morgan fingerprint density at radius 3 is 2.35 bits per heavy atom. The summed E-state index contributed by atoms with van der Waals surface area (Å²) < 4.78 is 34.2. The van der Waals surface area contributed by atoms with Crippen LogP contribution in [-0.2, 0) is 24.3 Å². The van der Waals surface area contributed by atoms with Gasteiger partial charge in [0.05, 0.1) is 42.9 Å². The van der Waals surface area contributed by atoms with Gasteiger partial charge in [0.25, 0.3) is 0 Å². The zero-order chi connectivity index (χ0) is 28.7. The first-order valence-corrected chi connectivity index (χ1v) is 16.0. The highest BCUT2D eigenvalue weighted by Gasteiger charge is 2.55. The van der Waals surface area contributed by atoms with E-state index in [4.69, 9.17) is 27.9 Å². The number of rotatable bonds is 9. The average molecular weight is 610 g/mol. The lowest BCUT2D eigenvalue weighted by Crippen LogP contribution is -2.59. The molecule has 0 unspecified atom stereocenters. The standard InChI is InChI=1S/C29H34Cl2N2O6S/c1-29(17-26(34)35)16-24(21-3-2-4-23(31)15-21)27(20-7-9-22(30)10-8-20)33(28(29)36)25(19-5-6-19)18-40(37,38)32-11-13-39-14-12-32/h2-4,7-10,15,19,24-25,27H,5-6,11-14,16-18H2,1H3,(H,34,35)/t24-,25-,27-,29-/m1/s1. The van der Waals surface area contributed by atoms with E-state index in [-0.39, 0.29) is 49.4 Å². The van der Waals surface area contributed by atoms with Crippen molar-refractivity contribution in [3.63, 3.8) is 0 Å². The van der Waals surface area contributed by atoms with E-state index in [0.29, 0.717) is 23.3 Å². The molecule has 1 saturated carbocycles. The van der Waals surface area contributed by atoms with E-state index in [2.05, 4.69) is 0 Å². The third kappa shape index (κ3) is 6.19. The Morgan fingerprint density at radius 1 is 1.07 bits per heavy atom. The Hall–Kier alpha value is -2.17. The predicted octanol–water partition coefficient (Wildman–Crippen LogP) is 4.97. The monoisotopic (exact) mass is 608 g/mol. The molecule has 0 spiro atoms. The number of carboxylic acids is 1. The maximum absolute atomic E-state index is 14.5. The van der Waals surface area contributed by atoms with Gasteiger partial charge < -0.3 is 14.7 Å². The third-order valence-electron chi connectivity index (χ3n) is 8.40. The number of piperidine rings is 1. The topological polar surface area (TPSA) is 104 Å². The molecule has 2 heterocycles. The lowest BCUT2D eigenvalue weighted by molar-refractivity contribution is -0.160. The van der Waals surface area contributed by atoms with Crippen LogP contribution in [0.5, 0.6) is 0 Å². The molecule has 1 amide bonds. The SMILES string of the molecule is C[C@]1(CC(=O)O)C[C@H](c2cccc(Cl)c2)[C@@H](c2ccc(Cl)cc2)N([C@H](CS(=O)(=O)N2CCOCC2)C2CC2)C1=O. The minimum atomic E-state index is -3.72. The molecule has 0 bridgehead atoms. The van der Waals surface area contributed by atoms with Gasteiger partial charge in [0.1, 0.15) is 0 Å². The number of benzene rings is 2. The smallest absolute Gasteiger partial charge is 0.304 e. The molecule has 1 N–H and O–H groups in total. The average Bonchev–Trinajstić information content (AvgIpc) is 3.75. The van der Waals surface area contributed by atoms with E-state index in [0.717, 1.165) is 24.0 Å². The first-order chi connectivity index (χ1) is 19.0. The van der Waals surface area contributed by atoms with Crippen molar-refractivity contribution in [1.29, 1.82) is 0 Å². The summed E-state index contributed by atoms with van der Waals surface area (Å²) in [6.07, 6.45) is 1.52. The summed E-state index contributed by atoms with van der Waals surface area (Å²) in [5.74, 6) is -1.95. The molecule has 0 radical (unpaired) electrons. The van der Waals surface area contributed by atoms with Crippen LogP contribution >= 0.6 is 23.2 Å². The second-order valence-electron chi connectivity index (χ2n) is 11.4. The fourth-order valence-electron chi connectivity index (χ4n) is 6.32. The van der Waals surface area contributed by atoms with E-state index in [1.807, 2.05) is 30.3 Å². The Labute approximate surface area is 245 Å². The number of likely N-dealkylation sites (tertiary alicyclic amines) is 1. The van der Waals surface area contributed by atoms with Gasteiger partial charge in [0.15, 0.2) is 0 Å². The number of carbonyl (C=O) groups excluding carboxylic acids is 1. The fraction of sp³-hybridized carbons (Fsp3) is 0.517. The van der Waals surface area contributed by atoms with E-state index in [1.54, 1.807) is 30.0 Å². The van der Waals surface area contributed by atoms with Crippen LogP contribution in [0.4, 0.5) is 0 Å². The molecular weight excluding hydrogens is 575 g/mol. The van der Waals surface area contributed by atoms with Gasteiger partial charge in [0, 0.05) is 29.1 Å². The number of aliphatic carboxylic acids is 1. The number of hydrogen-bond acceptors (Lipinski definition) is 5. The lowest BCUT2D eigenvalue weighted by atomic mass is 9.67. The molecule has 2 aromatic rings. The largest absolute Gasteiger partial charge is 0.481 e. The van der Waals surface area contributed by atoms with Crippen molar-refractivity contribution in [3.05, 3.63) is 69.7 Å². The Kier molecular flexibility index (Phi) is 8.51. The number of carbonyl (C=O) groups is 2. The van der Waals surface area contributed by atoms with Crippen LogP contribution in [0.1, 0.15) is 55.7 Å². The van der Waals surface area contributed by atoms with Crippen molar-refractivity contribution in [1.82, 2.24) is 9.21 Å². The molecule has 5 rings (SSSR count). The lowest BCUT2D eigenvalue weighted by Gasteiger charge is -2.52. The first-order valence-electron chi connectivity index (χ1n) is 13.6. The van der Waals surface area contributed by atoms with E-state index < -0.39 is 33.5 Å². The van der Waals surface area contributed by atoms with Crippen molar-refractivity contribution in [2.24, 2.45) is 11.3 Å². The van der Waals surface area contributed by atoms with Crippen molar-refractivity contribution < 1.29 is 27.9 Å². The molecule has 4 atom stereocenters. The highest BCUT2D eigenvalue weighted by molar-refractivity contribution is 7.89. The number of carboxylic acid groups (broad SMARTS) is 1. The molecule has 40 heavy (non-hydrogen) atoms. The number of morpholine rings is 1. The Balaban J connectivity index is 1.65. The summed E-state index contributed by atoms with van der Waals surface area (Å²) in [7, 11) is -3.72. The molecule has 0 aromatic heterocycles. The number of halogens is 2. The molecule has 3 fully saturated rings. The van der Waals surface area contributed by atoms with Gasteiger partial charge in [-0.3, -0.25) is 9.59 Å². The van der Waals surface area contributed by atoms with Gasteiger partial charge in [-0.05, 0) is 60.6 Å². The van der Waals surface area contributed by atoms with Gasteiger partial charge in [-0.25, -0.2) is 8.42 Å². The molecule has 1 aliphatic carbocycles. The minimum absolute atomic E-state index is 0.00163. The highest BCUT2D eigenvalue weighted by Crippen LogP contribution is 2.54. The predicted molar refractivity (Wildman–Crippen MR) is 153 cm³/mol. The number of nitrogens with zero attached hydrogens (tertiary/aromatic N) is 2. The van der Waals surface area contributed by atoms with E-state index in [1.165, 1.54) is 4.31 Å². The summed E-state index contributed by atoms with van der Waals surface area (Å²) in [5.41, 5.74) is 0.444. The second-order valence-corrected chi connectivity index (χ2v) is 14.3. The molecule has 216 valence electrons. The van der Waals surface area contributed by atoms with Gasteiger partial charge in [-0.1, -0.05) is 54.4 Å². The summed E-state index contributed by atoms with van der Waals surface area (Å²) >= 11 is 12.6. The van der Waals surface area contributed by atoms with E-state index in [9.17, 15) is 23.1 Å². The van der Waals surface area contributed by atoms with E-state index >= 15 is 0 Å². The van der Waals surface area contributed by atoms with Crippen LogP contribution in [-0.4, -0.2) is 72.7 Å². The molecule has 11 heteroatoms. The maximum Gasteiger partial charge on any atom is 0.304 e. The number of sulfonamides is 1. The van der Waals surface area contributed by atoms with Crippen molar-refractivity contribution in [2.45, 2.75) is 50.6 Å². The molecule has 2 saturated heterocycles. The molecule has 8 nitrogen and oxygen atoms in total. The molecular formula is C29H34Cl2N2O6S. The number of hydrogen-bond donors (Lipinski definition) is 1. The minimum Gasteiger partial charge on any atom is -0.481 e. The van der Waals surface area contributed by atoms with Gasteiger partial charge in [-0.15, -0.1) is 0 Å². The van der Waals surface area contributed by atoms with Crippen LogP contribution in [0.2, 0.25) is 10.0 Å². The molecule has 2 aromatic carbocycles. The molecule has 2 aliphatic heterocycles. The molecule has 3 aliphatic rings. The number of ether oxygens (including phenoxy) is 1. The Bertz CT molecular complexity index is 1360. The second kappa shape index (κ2) is 11.6.